The number of rotatable bonds is 5. The van der Waals surface area contributed by atoms with Gasteiger partial charge in [0.25, 0.3) is 0 Å². The molecule has 1 N–H and O–H groups in total. The van der Waals surface area contributed by atoms with Crippen molar-refractivity contribution in [2.45, 2.75) is 12.8 Å². The lowest BCUT2D eigenvalue weighted by Crippen LogP contribution is -2.18. The Hall–Kier alpha value is -0.840. The third-order valence-corrected chi connectivity index (χ3v) is 5.07. The van der Waals surface area contributed by atoms with Gasteiger partial charge < -0.3 is 5.11 Å². The molecule has 0 saturated heterocycles. The molecule has 0 fully saturated rings. The second-order valence-corrected chi connectivity index (χ2v) is 6.55. The van der Waals surface area contributed by atoms with Crippen molar-refractivity contribution in [1.82, 2.24) is 0 Å². The zero-order valence-electron chi connectivity index (χ0n) is 9.98. The summed E-state index contributed by atoms with van der Waals surface area (Å²) < 4.78 is 0.986. The summed E-state index contributed by atoms with van der Waals surface area (Å²) in [6.45, 7) is 0. The monoisotopic (exact) mass is 358 g/mol. The predicted molar refractivity (Wildman–Crippen MR) is 82.0 cm³/mol. The first kappa shape index (κ1) is 14.6. The molecule has 2 rings (SSSR count). The van der Waals surface area contributed by atoms with Gasteiger partial charge in [-0.3, -0.25) is 4.79 Å². The molecule has 0 amide bonds. The smallest absolute Gasteiger partial charge is 0.307 e. The van der Waals surface area contributed by atoms with E-state index in [-0.39, 0.29) is 0 Å². The highest BCUT2D eigenvalue weighted by molar-refractivity contribution is 9.10. The molecule has 0 saturated carbocycles. The van der Waals surface area contributed by atoms with Crippen LogP contribution in [0.3, 0.4) is 0 Å². The first-order valence-electron chi connectivity index (χ1n) is 5.75. The van der Waals surface area contributed by atoms with Gasteiger partial charge in [-0.05, 0) is 57.9 Å². The summed E-state index contributed by atoms with van der Waals surface area (Å²) in [7, 11) is 0. The van der Waals surface area contributed by atoms with Crippen LogP contribution in [0.5, 0.6) is 0 Å². The summed E-state index contributed by atoms with van der Waals surface area (Å²) in [5.41, 5.74) is 0.990. The molecular weight excluding hydrogens is 348 g/mol. The van der Waals surface area contributed by atoms with Gasteiger partial charge in [0.05, 0.1) is 5.92 Å². The molecule has 2 aromatic rings. The van der Waals surface area contributed by atoms with E-state index in [4.69, 9.17) is 11.6 Å². The largest absolute Gasteiger partial charge is 0.481 e. The molecule has 0 spiro atoms. The van der Waals surface area contributed by atoms with Crippen LogP contribution in [0.1, 0.15) is 10.4 Å². The van der Waals surface area contributed by atoms with Crippen molar-refractivity contribution in [1.29, 1.82) is 0 Å². The lowest BCUT2D eigenvalue weighted by atomic mass is 9.96. The van der Waals surface area contributed by atoms with E-state index < -0.39 is 11.9 Å². The van der Waals surface area contributed by atoms with Gasteiger partial charge in [0.15, 0.2) is 0 Å². The van der Waals surface area contributed by atoms with E-state index in [1.165, 1.54) is 0 Å². The minimum atomic E-state index is -0.768. The molecule has 19 heavy (non-hydrogen) atoms. The second kappa shape index (κ2) is 6.55. The number of aliphatic carboxylic acids is 1. The van der Waals surface area contributed by atoms with Crippen LogP contribution in [0.15, 0.2) is 40.2 Å². The molecule has 1 atom stereocenters. The fourth-order valence-electron chi connectivity index (χ4n) is 1.85. The van der Waals surface area contributed by atoms with E-state index in [2.05, 4.69) is 15.9 Å². The van der Waals surface area contributed by atoms with Crippen molar-refractivity contribution >= 4 is 44.8 Å². The Morgan fingerprint density at radius 2 is 1.95 bits per heavy atom. The Kier molecular flexibility index (Phi) is 5.02. The van der Waals surface area contributed by atoms with Gasteiger partial charge in [0, 0.05) is 14.4 Å². The van der Waals surface area contributed by atoms with Crippen molar-refractivity contribution in [3.8, 4) is 0 Å². The Morgan fingerprint density at radius 3 is 2.47 bits per heavy atom. The van der Waals surface area contributed by atoms with Crippen molar-refractivity contribution in [3.05, 3.63) is 55.6 Å². The van der Waals surface area contributed by atoms with E-state index in [1.807, 2.05) is 23.6 Å². The van der Waals surface area contributed by atoms with Crippen molar-refractivity contribution in [2.75, 3.05) is 0 Å². The average molecular weight is 360 g/mol. The molecular formula is C14H12BrClO2S. The highest BCUT2D eigenvalue weighted by atomic mass is 79.9. The molecule has 0 bridgehead atoms. The Bertz CT molecular complexity index is 565. The Labute approximate surface area is 129 Å². The standard InChI is InChI=1S/C14H12BrClO2S/c15-12-5-6-19-13(12)8-10(14(17)18)7-9-1-3-11(16)4-2-9/h1-6,10H,7-8H2,(H,17,18). The molecule has 1 aromatic carbocycles. The third kappa shape index (κ3) is 4.06. The van der Waals surface area contributed by atoms with Gasteiger partial charge in [-0.1, -0.05) is 23.7 Å². The lowest BCUT2D eigenvalue weighted by molar-refractivity contribution is -0.141. The summed E-state index contributed by atoms with van der Waals surface area (Å²) in [4.78, 5) is 12.4. The molecule has 0 radical (unpaired) electrons. The summed E-state index contributed by atoms with van der Waals surface area (Å²) in [5.74, 6) is -1.19. The van der Waals surface area contributed by atoms with Gasteiger partial charge in [-0.25, -0.2) is 0 Å². The Balaban J connectivity index is 2.10. The summed E-state index contributed by atoms with van der Waals surface area (Å²) in [6, 6.07) is 9.28. The highest BCUT2D eigenvalue weighted by Crippen LogP contribution is 2.27. The number of hydrogen-bond donors (Lipinski definition) is 1. The minimum Gasteiger partial charge on any atom is -0.481 e. The molecule has 100 valence electrons. The molecule has 0 aliphatic heterocycles. The van der Waals surface area contributed by atoms with Crippen LogP contribution in [0.2, 0.25) is 5.02 Å². The summed E-state index contributed by atoms with van der Waals surface area (Å²) >= 11 is 10.8. The number of hydrogen-bond acceptors (Lipinski definition) is 2. The fourth-order valence-corrected chi connectivity index (χ4v) is 3.57. The first-order chi connectivity index (χ1) is 9.06. The van der Waals surface area contributed by atoms with Gasteiger partial charge >= 0.3 is 5.97 Å². The van der Waals surface area contributed by atoms with Gasteiger partial charge in [0.2, 0.25) is 0 Å². The summed E-state index contributed by atoms with van der Waals surface area (Å²) in [6.07, 6.45) is 1.05. The normalized spacial score (nSPS) is 12.3. The van der Waals surface area contributed by atoms with Gasteiger partial charge in [0.1, 0.15) is 0 Å². The van der Waals surface area contributed by atoms with E-state index >= 15 is 0 Å². The van der Waals surface area contributed by atoms with Gasteiger partial charge in [-0.15, -0.1) is 11.3 Å². The minimum absolute atomic E-state index is 0.420. The number of thiophene rings is 1. The van der Waals surface area contributed by atoms with Crippen LogP contribution in [0.25, 0.3) is 0 Å². The maximum atomic E-state index is 11.4. The van der Waals surface area contributed by atoms with E-state index in [1.54, 1.807) is 23.5 Å². The van der Waals surface area contributed by atoms with E-state index in [9.17, 15) is 9.90 Å². The summed E-state index contributed by atoms with van der Waals surface area (Å²) in [5, 5.41) is 12.0. The Morgan fingerprint density at radius 1 is 1.26 bits per heavy atom. The quantitative estimate of drug-likeness (QED) is 0.843. The molecule has 0 aliphatic carbocycles. The average Bonchev–Trinajstić information content (AvgIpc) is 2.77. The lowest BCUT2D eigenvalue weighted by Gasteiger charge is -2.12. The number of carbonyl (C=O) groups is 1. The maximum absolute atomic E-state index is 11.4. The van der Waals surface area contributed by atoms with Crippen LogP contribution in [-0.2, 0) is 17.6 Å². The molecule has 0 aliphatic rings. The van der Waals surface area contributed by atoms with Crippen molar-refractivity contribution in [2.24, 2.45) is 5.92 Å². The molecule has 1 aromatic heterocycles. The highest BCUT2D eigenvalue weighted by Gasteiger charge is 2.20. The number of benzene rings is 1. The van der Waals surface area contributed by atoms with E-state index in [0.29, 0.717) is 17.9 Å². The molecule has 5 heteroatoms. The number of carboxylic acid groups (broad SMARTS) is 1. The van der Waals surface area contributed by atoms with Crippen LogP contribution >= 0.6 is 38.9 Å². The SMILES string of the molecule is O=C(O)C(Cc1ccc(Cl)cc1)Cc1sccc1Br. The van der Waals surface area contributed by atoms with Crippen molar-refractivity contribution in [3.63, 3.8) is 0 Å². The molecule has 1 unspecified atom stereocenters. The molecule has 1 heterocycles. The van der Waals surface area contributed by atoms with Crippen LogP contribution in [0.4, 0.5) is 0 Å². The third-order valence-electron chi connectivity index (χ3n) is 2.87. The zero-order chi connectivity index (χ0) is 13.8. The van der Waals surface area contributed by atoms with Gasteiger partial charge in [-0.2, -0.15) is 0 Å². The maximum Gasteiger partial charge on any atom is 0.307 e. The van der Waals surface area contributed by atoms with Crippen LogP contribution in [0, 0.1) is 5.92 Å². The number of carboxylic acids is 1. The molecule has 2 nitrogen and oxygen atoms in total. The predicted octanol–water partition coefficient (Wildman–Crippen LogP) is 4.65. The topological polar surface area (TPSA) is 37.3 Å². The zero-order valence-corrected chi connectivity index (χ0v) is 13.1. The van der Waals surface area contributed by atoms with E-state index in [0.717, 1.165) is 14.9 Å². The van der Waals surface area contributed by atoms with Crippen molar-refractivity contribution < 1.29 is 9.90 Å². The van der Waals surface area contributed by atoms with Crippen LogP contribution < -0.4 is 0 Å². The second-order valence-electron chi connectivity index (χ2n) is 4.26. The van der Waals surface area contributed by atoms with Crippen LogP contribution in [-0.4, -0.2) is 11.1 Å². The fraction of sp³-hybridized carbons (Fsp3) is 0.214. The number of halogens is 2. The first-order valence-corrected chi connectivity index (χ1v) is 7.80.